The lowest BCUT2D eigenvalue weighted by Gasteiger charge is -2.28. The first-order chi connectivity index (χ1) is 10.3. The van der Waals surface area contributed by atoms with Gasteiger partial charge in [0.05, 0.1) is 18.5 Å². The van der Waals surface area contributed by atoms with Gasteiger partial charge in [-0.15, -0.1) is 0 Å². The molecule has 1 saturated heterocycles. The molecule has 1 aliphatic rings. The Labute approximate surface area is 125 Å². The van der Waals surface area contributed by atoms with Gasteiger partial charge in [-0.1, -0.05) is 30.3 Å². The molecule has 1 atom stereocenters. The van der Waals surface area contributed by atoms with E-state index in [1.165, 1.54) is 24.1 Å². The van der Waals surface area contributed by atoms with Crippen LogP contribution in [0, 0.1) is 11.3 Å². The van der Waals surface area contributed by atoms with E-state index in [1.54, 1.807) is 0 Å². The molecule has 3 heteroatoms. The summed E-state index contributed by atoms with van der Waals surface area (Å²) < 4.78 is 0. The van der Waals surface area contributed by atoms with Crippen molar-refractivity contribution in [2.75, 3.05) is 17.2 Å². The van der Waals surface area contributed by atoms with Crippen LogP contribution in [0.3, 0.4) is 0 Å². The fourth-order valence-electron chi connectivity index (χ4n) is 3.11. The molecular weight excluding hydrogens is 258 g/mol. The summed E-state index contributed by atoms with van der Waals surface area (Å²) in [6.07, 6.45) is 2.73. The van der Waals surface area contributed by atoms with E-state index in [0.717, 1.165) is 12.1 Å². The summed E-state index contributed by atoms with van der Waals surface area (Å²) in [7, 11) is 0. The molecule has 0 amide bonds. The minimum Gasteiger partial charge on any atom is -0.398 e. The number of nitriles is 1. The lowest BCUT2D eigenvalue weighted by Crippen LogP contribution is -2.22. The van der Waals surface area contributed by atoms with Crippen molar-refractivity contribution in [1.29, 1.82) is 5.26 Å². The Hall–Kier alpha value is -2.47. The average Bonchev–Trinajstić information content (AvgIpc) is 3.00. The van der Waals surface area contributed by atoms with Crippen LogP contribution in [0.25, 0.3) is 0 Å². The molecule has 0 radical (unpaired) electrons. The van der Waals surface area contributed by atoms with Crippen molar-refractivity contribution >= 4 is 11.4 Å². The molecule has 3 nitrogen and oxygen atoms in total. The summed E-state index contributed by atoms with van der Waals surface area (Å²) in [5.41, 5.74) is 10.1. The monoisotopic (exact) mass is 277 g/mol. The zero-order chi connectivity index (χ0) is 14.7. The highest BCUT2D eigenvalue weighted by Gasteiger charge is 2.26. The molecule has 1 heterocycles. The van der Waals surface area contributed by atoms with Gasteiger partial charge in [0.15, 0.2) is 0 Å². The van der Waals surface area contributed by atoms with Gasteiger partial charge in [0.2, 0.25) is 0 Å². The quantitative estimate of drug-likeness (QED) is 0.871. The van der Waals surface area contributed by atoms with Crippen molar-refractivity contribution in [3.8, 4) is 6.07 Å². The van der Waals surface area contributed by atoms with Gasteiger partial charge in [-0.25, -0.2) is 0 Å². The number of hydrogen-bond acceptors (Lipinski definition) is 3. The molecule has 0 saturated carbocycles. The molecule has 2 aromatic carbocycles. The van der Waals surface area contributed by atoms with E-state index in [2.05, 4.69) is 53.4 Å². The van der Waals surface area contributed by atoms with E-state index in [4.69, 9.17) is 11.0 Å². The predicted octanol–water partition coefficient (Wildman–Crippen LogP) is 3.68. The highest BCUT2D eigenvalue weighted by molar-refractivity contribution is 5.60. The molecule has 2 N–H and O–H groups in total. The maximum Gasteiger partial charge on any atom is 0.0670 e. The van der Waals surface area contributed by atoms with E-state index in [0.29, 0.717) is 18.2 Å². The van der Waals surface area contributed by atoms with E-state index in [-0.39, 0.29) is 0 Å². The maximum absolute atomic E-state index is 8.91. The zero-order valence-corrected chi connectivity index (χ0v) is 12.0. The van der Waals surface area contributed by atoms with Gasteiger partial charge < -0.3 is 10.6 Å². The lowest BCUT2D eigenvalue weighted by molar-refractivity contribution is 0.719. The van der Waals surface area contributed by atoms with E-state index >= 15 is 0 Å². The van der Waals surface area contributed by atoms with Crippen molar-refractivity contribution in [1.82, 2.24) is 0 Å². The Bertz CT molecular complexity index is 658. The number of nitrogen functional groups attached to an aromatic ring is 1. The minimum atomic E-state index is 0.365. The Kier molecular flexibility index (Phi) is 3.79. The molecule has 21 heavy (non-hydrogen) atoms. The van der Waals surface area contributed by atoms with Gasteiger partial charge in [0.25, 0.3) is 0 Å². The summed E-state index contributed by atoms with van der Waals surface area (Å²) in [6, 6.07) is 19.3. The molecule has 0 aliphatic carbocycles. The SMILES string of the molecule is N#CCc1cc(N2CCCC2c2ccccc2)ccc1N. The number of anilines is 2. The second-order valence-electron chi connectivity index (χ2n) is 5.48. The average molecular weight is 277 g/mol. The Balaban J connectivity index is 1.92. The summed E-state index contributed by atoms with van der Waals surface area (Å²) in [4.78, 5) is 2.43. The van der Waals surface area contributed by atoms with Crippen LogP contribution in [0.15, 0.2) is 48.5 Å². The highest BCUT2D eigenvalue weighted by atomic mass is 15.2. The third-order valence-electron chi connectivity index (χ3n) is 4.16. The Morgan fingerprint density at radius 1 is 1.19 bits per heavy atom. The summed E-state index contributed by atoms with van der Waals surface area (Å²) >= 11 is 0. The van der Waals surface area contributed by atoms with Crippen molar-refractivity contribution in [3.63, 3.8) is 0 Å². The molecule has 3 rings (SSSR count). The topological polar surface area (TPSA) is 53.0 Å². The zero-order valence-electron chi connectivity index (χ0n) is 12.0. The molecular formula is C18H19N3. The molecule has 1 aliphatic heterocycles. The van der Waals surface area contributed by atoms with Gasteiger partial charge in [0.1, 0.15) is 0 Å². The van der Waals surface area contributed by atoms with Crippen LogP contribution in [0.5, 0.6) is 0 Å². The second-order valence-corrected chi connectivity index (χ2v) is 5.48. The number of hydrogen-bond donors (Lipinski definition) is 1. The van der Waals surface area contributed by atoms with Gasteiger partial charge in [-0.05, 0) is 42.2 Å². The maximum atomic E-state index is 8.91. The fraction of sp³-hybridized carbons (Fsp3) is 0.278. The van der Waals surface area contributed by atoms with Crippen LogP contribution < -0.4 is 10.6 Å². The van der Waals surface area contributed by atoms with Crippen molar-refractivity contribution in [2.45, 2.75) is 25.3 Å². The first-order valence-electron chi connectivity index (χ1n) is 7.36. The van der Waals surface area contributed by atoms with Crippen LogP contribution in [-0.4, -0.2) is 6.54 Å². The third-order valence-corrected chi connectivity index (χ3v) is 4.16. The molecule has 1 fully saturated rings. The van der Waals surface area contributed by atoms with Gasteiger partial charge >= 0.3 is 0 Å². The summed E-state index contributed by atoms with van der Waals surface area (Å²) in [5, 5.41) is 8.91. The van der Waals surface area contributed by atoms with Gasteiger partial charge in [-0.3, -0.25) is 0 Å². The minimum absolute atomic E-state index is 0.365. The van der Waals surface area contributed by atoms with Crippen LogP contribution >= 0.6 is 0 Å². The first-order valence-corrected chi connectivity index (χ1v) is 7.36. The van der Waals surface area contributed by atoms with E-state index < -0.39 is 0 Å². The molecule has 0 bridgehead atoms. The Morgan fingerprint density at radius 3 is 2.76 bits per heavy atom. The van der Waals surface area contributed by atoms with Crippen molar-refractivity contribution in [2.24, 2.45) is 0 Å². The van der Waals surface area contributed by atoms with Gasteiger partial charge in [-0.2, -0.15) is 5.26 Å². The second kappa shape index (κ2) is 5.88. The standard InChI is InChI=1S/C18H19N3/c19-11-10-15-13-16(8-9-17(15)20)21-12-4-7-18(21)14-5-2-1-3-6-14/h1-3,5-6,8-9,13,18H,4,7,10,12,20H2. The number of nitrogens with two attached hydrogens (primary N) is 1. The molecule has 106 valence electrons. The van der Waals surface area contributed by atoms with Crippen LogP contribution in [-0.2, 0) is 6.42 Å². The molecule has 0 spiro atoms. The predicted molar refractivity (Wildman–Crippen MR) is 85.9 cm³/mol. The van der Waals surface area contributed by atoms with Crippen LogP contribution in [0.1, 0.15) is 30.0 Å². The van der Waals surface area contributed by atoms with E-state index in [1.807, 2.05) is 6.07 Å². The number of nitrogens with zero attached hydrogens (tertiary/aromatic N) is 2. The smallest absolute Gasteiger partial charge is 0.0670 e. The third kappa shape index (κ3) is 2.71. The van der Waals surface area contributed by atoms with Crippen LogP contribution in [0.2, 0.25) is 0 Å². The summed E-state index contributed by atoms with van der Waals surface area (Å²) in [5.74, 6) is 0. The first kappa shape index (κ1) is 13.5. The number of rotatable bonds is 3. The fourth-order valence-corrected chi connectivity index (χ4v) is 3.11. The van der Waals surface area contributed by atoms with Crippen LogP contribution in [0.4, 0.5) is 11.4 Å². The number of benzene rings is 2. The molecule has 0 aromatic heterocycles. The van der Waals surface area contributed by atoms with E-state index in [9.17, 15) is 0 Å². The van der Waals surface area contributed by atoms with Gasteiger partial charge in [0, 0.05) is 17.9 Å². The molecule has 1 unspecified atom stereocenters. The molecule has 2 aromatic rings. The normalized spacial score (nSPS) is 17.7. The lowest BCUT2D eigenvalue weighted by atomic mass is 10.0. The van der Waals surface area contributed by atoms with Crippen molar-refractivity contribution in [3.05, 3.63) is 59.7 Å². The van der Waals surface area contributed by atoms with Crippen molar-refractivity contribution < 1.29 is 0 Å². The largest absolute Gasteiger partial charge is 0.398 e. The highest BCUT2D eigenvalue weighted by Crippen LogP contribution is 2.37. The Morgan fingerprint density at radius 2 is 2.00 bits per heavy atom. The summed E-state index contributed by atoms with van der Waals surface area (Å²) in [6.45, 7) is 1.05.